The van der Waals surface area contributed by atoms with Crippen LogP contribution in [0.5, 0.6) is 0 Å². The lowest BCUT2D eigenvalue weighted by Gasteiger charge is -2.31. The lowest BCUT2D eigenvalue weighted by Crippen LogP contribution is -2.44. The molecule has 0 saturated carbocycles. The van der Waals surface area contributed by atoms with Gasteiger partial charge in [-0.2, -0.15) is 0 Å². The highest BCUT2D eigenvalue weighted by Gasteiger charge is 2.26. The molecular formula is C25H29N5O2S2. The minimum Gasteiger partial charge on any atom is -0.338 e. The molecule has 5 rings (SSSR count). The Morgan fingerprint density at radius 3 is 2.76 bits per heavy atom. The molecule has 2 N–H and O–H groups in total. The van der Waals surface area contributed by atoms with Gasteiger partial charge in [0, 0.05) is 30.9 Å². The Hall–Kier alpha value is -2.78. The number of nitrogens with one attached hydrogen (secondary N) is 2. The Morgan fingerprint density at radius 1 is 1.12 bits per heavy atom. The number of para-hydroxylation sites is 1. The zero-order valence-corrected chi connectivity index (χ0v) is 20.7. The summed E-state index contributed by atoms with van der Waals surface area (Å²) in [6, 6.07) is 7.85. The van der Waals surface area contributed by atoms with E-state index in [2.05, 4.69) is 26.7 Å². The number of fused-ring (bicyclic) bond motifs is 1. The van der Waals surface area contributed by atoms with E-state index in [9.17, 15) is 9.59 Å². The number of nitrogens with zero attached hydrogens (tertiary/aromatic N) is 3. The van der Waals surface area contributed by atoms with Crippen LogP contribution >= 0.6 is 22.7 Å². The Labute approximate surface area is 207 Å². The van der Waals surface area contributed by atoms with Gasteiger partial charge in [-0.25, -0.2) is 14.8 Å². The highest BCUT2D eigenvalue weighted by Crippen LogP contribution is 2.31. The number of allylic oxidation sites excluding steroid dienone is 1. The Bertz CT molecular complexity index is 1160. The summed E-state index contributed by atoms with van der Waals surface area (Å²) >= 11 is 2.98. The van der Waals surface area contributed by atoms with Crippen molar-refractivity contribution in [3.05, 3.63) is 52.0 Å². The van der Waals surface area contributed by atoms with E-state index < -0.39 is 0 Å². The van der Waals surface area contributed by atoms with Crippen molar-refractivity contribution in [2.45, 2.75) is 50.9 Å². The second kappa shape index (κ2) is 10.7. The van der Waals surface area contributed by atoms with Crippen molar-refractivity contribution < 1.29 is 9.59 Å². The predicted octanol–water partition coefficient (Wildman–Crippen LogP) is 5.78. The molecule has 0 bridgehead atoms. The topological polar surface area (TPSA) is 87.2 Å². The van der Waals surface area contributed by atoms with E-state index in [0.717, 1.165) is 34.5 Å². The summed E-state index contributed by atoms with van der Waals surface area (Å²) in [6.45, 7) is 2.14. The van der Waals surface area contributed by atoms with Crippen LogP contribution in [0.25, 0.3) is 10.2 Å². The van der Waals surface area contributed by atoms with Crippen LogP contribution in [0.3, 0.4) is 0 Å². The van der Waals surface area contributed by atoms with E-state index in [-0.39, 0.29) is 17.9 Å². The van der Waals surface area contributed by atoms with Crippen LogP contribution in [0.15, 0.2) is 41.3 Å². The number of amides is 3. The van der Waals surface area contributed by atoms with Crippen molar-refractivity contribution in [3.8, 4) is 0 Å². The third-order valence-electron chi connectivity index (χ3n) is 6.51. The summed E-state index contributed by atoms with van der Waals surface area (Å²) in [7, 11) is 0. The molecular weight excluding hydrogens is 466 g/mol. The molecule has 178 valence electrons. The van der Waals surface area contributed by atoms with Gasteiger partial charge in [-0.05, 0) is 57.1 Å². The highest BCUT2D eigenvalue weighted by atomic mass is 32.1. The molecule has 1 aliphatic heterocycles. The minimum atomic E-state index is -0.230. The first-order valence-electron chi connectivity index (χ1n) is 12.0. The fraction of sp³-hybridized carbons (Fsp3) is 0.440. The van der Waals surface area contributed by atoms with E-state index in [1.54, 1.807) is 0 Å². The number of likely N-dealkylation sites (tertiary alicyclic amines) is 1. The summed E-state index contributed by atoms with van der Waals surface area (Å²) < 4.78 is 1.04. The molecule has 0 spiro atoms. The number of hydrogen-bond acceptors (Lipinski definition) is 6. The molecule has 0 atom stereocenters. The normalized spacial score (nSPS) is 16.9. The van der Waals surface area contributed by atoms with Crippen LogP contribution in [0, 0.1) is 0 Å². The smallest absolute Gasteiger partial charge is 0.317 e. The molecule has 9 heteroatoms. The quantitative estimate of drug-likeness (QED) is 0.424. The van der Waals surface area contributed by atoms with Crippen LogP contribution in [-0.4, -0.2) is 46.4 Å². The van der Waals surface area contributed by atoms with Crippen LogP contribution in [-0.2, 0) is 0 Å². The molecule has 7 nitrogen and oxygen atoms in total. The third kappa shape index (κ3) is 5.47. The zero-order chi connectivity index (χ0) is 23.3. The molecule has 0 unspecified atom stereocenters. The molecule has 3 aromatic rings. The molecule has 1 aromatic carbocycles. The summed E-state index contributed by atoms with van der Waals surface area (Å²) in [6.07, 6.45) is 9.95. The van der Waals surface area contributed by atoms with Crippen molar-refractivity contribution in [2.75, 3.05) is 25.0 Å². The van der Waals surface area contributed by atoms with Crippen LogP contribution in [0.4, 0.5) is 9.93 Å². The number of piperidine rings is 1. The molecule has 1 fully saturated rings. The van der Waals surface area contributed by atoms with E-state index in [1.165, 1.54) is 53.9 Å². The van der Waals surface area contributed by atoms with Gasteiger partial charge in [-0.15, -0.1) is 11.3 Å². The Morgan fingerprint density at radius 2 is 1.97 bits per heavy atom. The summed E-state index contributed by atoms with van der Waals surface area (Å²) in [5.74, 6) is 0.0527. The molecule has 2 aliphatic rings. The van der Waals surface area contributed by atoms with Crippen LogP contribution < -0.4 is 10.6 Å². The fourth-order valence-electron chi connectivity index (χ4n) is 4.57. The number of hydrogen-bond donors (Lipinski definition) is 2. The van der Waals surface area contributed by atoms with E-state index in [4.69, 9.17) is 0 Å². The van der Waals surface area contributed by atoms with Crippen molar-refractivity contribution in [2.24, 2.45) is 0 Å². The van der Waals surface area contributed by atoms with Gasteiger partial charge in [-0.3, -0.25) is 10.1 Å². The van der Waals surface area contributed by atoms with Crippen molar-refractivity contribution in [3.63, 3.8) is 0 Å². The first-order chi connectivity index (χ1) is 16.7. The fourth-order valence-corrected chi connectivity index (χ4v) is 6.40. The zero-order valence-electron chi connectivity index (χ0n) is 19.1. The number of anilines is 1. The average molecular weight is 496 g/mol. The average Bonchev–Trinajstić information content (AvgIpc) is 3.52. The van der Waals surface area contributed by atoms with Crippen LogP contribution in [0.2, 0.25) is 0 Å². The van der Waals surface area contributed by atoms with E-state index >= 15 is 0 Å². The van der Waals surface area contributed by atoms with Crippen molar-refractivity contribution >= 4 is 50.0 Å². The lowest BCUT2D eigenvalue weighted by atomic mass is 9.97. The van der Waals surface area contributed by atoms with Gasteiger partial charge in [0.25, 0.3) is 5.91 Å². The summed E-state index contributed by atoms with van der Waals surface area (Å²) in [4.78, 5) is 36.2. The molecule has 2 aromatic heterocycles. The Kier molecular flexibility index (Phi) is 7.20. The van der Waals surface area contributed by atoms with Gasteiger partial charge in [0.05, 0.1) is 15.2 Å². The van der Waals surface area contributed by atoms with Gasteiger partial charge >= 0.3 is 6.03 Å². The second-order valence-corrected chi connectivity index (χ2v) is 10.8. The molecule has 34 heavy (non-hydrogen) atoms. The highest BCUT2D eigenvalue weighted by molar-refractivity contribution is 7.22. The van der Waals surface area contributed by atoms with Crippen LogP contribution in [0.1, 0.15) is 66.4 Å². The SMILES string of the molecule is O=C(Nc1nc2ccccc2s1)c1csc(C2CCN(C(=O)NCCC3=CCCCC3)CC2)n1. The van der Waals surface area contributed by atoms with Gasteiger partial charge in [-0.1, -0.05) is 35.1 Å². The molecule has 3 amide bonds. The number of benzene rings is 1. The first kappa shape index (κ1) is 23.0. The van der Waals surface area contributed by atoms with Gasteiger partial charge < -0.3 is 10.2 Å². The molecule has 1 aliphatic carbocycles. The first-order valence-corrected chi connectivity index (χ1v) is 13.7. The minimum absolute atomic E-state index is 0.0323. The number of urea groups is 1. The molecule has 3 heterocycles. The van der Waals surface area contributed by atoms with Gasteiger partial charge in [0.1, 0.15) is 5.69 Å². The summed E-state index contributed by atoms with van der Waals surface area (Å²) in [5, 5.41) is 9.33. The van der Waals surface area contributed by atoms with Crippen molar-refractivity contribution in [1.82, 2.24) is 20.2 Å². The van der Waals surface area contributed by atoms with Crippen molar-refractivity contribution in [1.29, 1.82) is 0 Å². The maximum Gasteiger partial charge on any atom is 0.317 e. The number of rotatable bonds is 6. The largest absolute Gasteiger partial charge is 0.338 e. The van der Waals surface area contributed by atoms with Gasteiger partial charge in [0.2, 0.25) is 0 Å². The number of carbonyl (C=O) groups is 2. The monoisotopic (exact) mass is 495 g/mol. The third-order valence-corrected chi connectivity index (χ3v) is 8.47. The Balaban J connectivity index is 1.09. The molecule has 1 saturated heterocycles. The standard InChI is InChI=1S/C25H29N5O2S2/c31-22(29-24-28-19-8-4-5-9-21(19)34-24)20-16-33-23(27-20)18-11-14-30(15-12-18)25(32)26-13-10-17-6-2-1-3-7-17/h4-6,8-9,16,18H,1-3,7,10-15H2,(H,26,32)(H,28,29,31). The van der Waals surface area contributed by atoms with Gasteiger partial charge in [0.15, 0.2) is 5.13 Å². The van der Waals surface area contributed by atoms with E-state index in [0.29, 0.717) is 30.5 Å². The predicted molar refractivity (Wildman–Crippen MR) is 138 cm³/mol. The maximum atomic E-state index is 12.7. The maximum absolute atomic E-state index is 12.7. The van der Waals surface area contributed by atoms with E-state index in [1.807, 2.05) is 34.5 Å². The summed E-state index contributed by atoms with van der Waals surface area (Å²) in [5.41, 5.74) is 2.79. The second-order valence-electron chi connectivity index (χ2n) is 8.86. The number of thiazole rings is 2. The number of carbonyl (C=O) groups excluding carboxylic acids is 2. The number of aromatic nitrogens is 2. The lowest BCUT2D eigenvalue weighted by molar-refractivity contribution is 0.102. The molecule has 0 radical (unpaired) electrons.